The molecule has 0 spiro atoms. The molecule has 1 aromatic rings. The largest absolute Gasteiger partial charge is 0.302 e. The van der Waals surface area contributed by atoms with Crippen molar-refractivity contribution in [2.24, 2.45) is 0 Å². The molecule has 3 nitrogen and oxygen atoms in total. The van der Waals surface area contributed by atoms with Crippen LogP contribution in [-0.4, -0.2) is 36.3 Å². The predicted molar refractivity (Wildman–Crippen MR) is 51.9 cm³/mol. The summed E-state index contributed by atoms with van der Waals surface area (Å²) in [7, 11) is 3.75. The number of Topliss-reactive ketones (excluding diaryl/α,β-unsaturated/α-hetero) is 1. The SMILES string of the molecule is Cc1ccc(C(=O)CN(C)C)cn1. The van der Waals surface area contributed by atoms with Crippen LogP contribution in [0.3, 0.4) is 0 Å². The van der Waals surface area contributed by atoms with Gasteiger partial charge in [0.05, 0.1) is 6.54 Å². The number of likely N-dealkylation sites (N-methyl/N-ethyl adjacent to an activating group) is 1. The Balaban J connectivity index is 2.72. The fourth-order valence-electron chi connectivity index (χ4n) is 1.01. The third-order valence-electron chi connectivity index (χ3n) is 1.69. The van der Waals surface area contributed by atoms with Gasteiger partial charge >= 0.3 is 0 Å². The maximum atomic E-state index is 11.5. The quantitative estimate of drug-likeness (QED) is 0.651. The Morgan fingerprint density at radius 2 is 2.15 bits per heavy atom. The zero-order valence-corrected chi connectivity index (χ0v) is 8.24. The van der Waals surface area contributed by atoms with E-state index in [1.807, 2.05) is 38.1 Å². The monoisotopic (exact) mass is 178 g/mol. The van der Waals surface area contributed by atoms with E-state index >= 15 is 0 Å². The molecule has 0 saturated heterocycles. The van der Waals surface area contributed by atoms with Crippen molar-refractivity contribution in [1.29, 1.82) is 0 Å². The Bertz CT molecular complexity index is 290. The van der Waals surface area contributed by atoms with Gasteiger partial charge in [-0.05, 0) is 33.2 Å². The smallest absolute Gasteiger partial charge is 0.178 e. The molecule has 1 heterocycles. The number of carbonyl (C=O) groups excluding carboxylic acids is 1. The van der Waals surface area contributed by atoms with Crippen molar-refractivity contribution in [3.63, 3.8) is 0 Å². The highest BCUT2D eigenvalue weighted by atomic mass is 16.1. The second kappa shape index (κ2) is 4.14. The zero-order valence-electron chi connectivity index (χ0n) is 8.24. The molecule has 0 unspecified atom stereocenters. The van der Waals surface area contributed by atoms with Crippen LogP contribution < -0.4 is 0 Å². The van der Waals surface area contributed by atoms with Gasteiger partial charge in [-0.2, -0.15) is 0 Å². The van der Waals surface area contributed by atoms with E-state index < -0.39 is 0 Å². The Morgan fingerprint density at radius 3 is 2.62 bits per heavy atom. The first-order valence-electron chi connectivity index (χ1n) is 4.20. The number of aromatic nitrogens is 1. The highest BCUT2D eigenvalue weighted by Crippen LogP contribution is 2.00. The lowest BCUT2D eigenvalue weighted by molar-refractivity contribution is 0.0957. The molecule has 0 N–H and O–H groups in total. The average Bonchev–Trinajstić information content (AvgIpc) is 2.04. The van der Waals surface area contributed by atoms with Crippen LogP contribution in [0.5, 0.6) is 0 Å². The molecule has 0 radical (unpaired) electrons. The minimum atomic E-state index is 0.109. The molecule has 1 aromatic heterocycles. The molecular weight excluding hydrogens is 164 g/mol. The molecule has 0 saturated carbocycles. The van der Waals surface area contributed by atoms with Crippen molar-refractivity contribution in [1.82, 2.24) is 9.88 Å². The molecule has 0 atom stereocenters. The lowest BCUT2D eigenvalue weighted by atomic mass is 10.2. The minimum absolute atomic E-state index is 0.109. The van der Waals surface area contributed by atoms with E-state index in [4.69, 9.17) is 0 Å². The van der Waals surface area contributed by atoms with E-state index in [1.165, 1.54) is 0 Å². The van der Waals surface area contributed by atoms with Crippen LogP contribution in [0.25, 0.3) is 0 Å². The Morgan fingerprint density at radius 1 is 1.46 bits per heavy atom. The molecule has 70 valence electrons. The average molecular weight is 178 g/mol. The van der Waals surface area contributed by atoms with E-state index in [0.29, 0.717) is 12.1 Å². The van der Waals surface area contributed by atoms with Crippen molar-refractivity contribution >= 4 is 5.78 Å². The standard InChI is InChI=1S/C10H14N2O/c1-8-4-5-9(6-11-8)10(13)7-12(2)3/h4-6H,7H2,1-3H3. The second-order valence-corrected chi connectivity index (χ2v) is 3.35. The van der Waals surface area contributed by atoms with Gasteiger partial charge in [-0.1, -0.05) is 0 Å². The third kappa shape index (κ3) is 2.95. The maximum Gasteiger partial charge on any atom is 0.178 e. The normalized spacial score (nSPS) is 10.5. The van der Waals surface area contributed by atoms with E-state index in [9.17, 15) is 4.79 Å². The van der Waals surface area contributed by atoms with Gasteiger partial charge in [0.1, 0.15) is 0 Å². The Hall–Kier alpha value is -1.22. The number of nitrogens with zero attached hydrogens (tertiary/aromatic N) is 2. The number of rotatable bonds is 3. The summed E-state index contributed by atoms with van der Waals surface area (Å²) in [6.45, 7) is 2.34. The summed E-state index contributed by atoms with van der Waals surface area (Å²) in [4.78, 5) is 17.4. The molecule has 3 heteroatoms. The summed E-state index contributed by atoms with van der Waals surface area (Å²) in [6.07, 6.45) is 1.63. The second-order valence-electron chi connectivity index (χ2n) is 3.35. The summed E-state index contributed by atoms with van der Waals surface area (Å²) in [6, 6.07) is 3.66. The van der Waals surface area contributed by atoms with Crippen LogP contribution in [0.2, 0.25) is 0 Å². The van der Waals surface area contributed by atoms with E-state index in [1.54, 1.807) is 6.20 Å². The summed E-state index contributed by atoms with van der Waals surface area (Å²) < 4.78 is 0. The summed E-state index contributed by atoms with van der Waals surface area (Å²) in [5.74, 6) is 0.109. The highest BCUT2D eigenvalue weighted by Gasteiger charge is 2.06. The van der Waals surface area contributed by atoms with E-state index in [-0.39, 0.29) is 5.78 Å². The summed E-state index contributed by atoms with van der Waals surface area (Å²) >= 11 is 0. The van der Waals surface area contributed by atoms with E-state index in [2.05, 4.69) is 4.98 Å². The van der Waals surface area contributed by atoms with Crippen molar-refractivity contribution in [2.75, 3.05) is 20.6 Å². The van der Waals surface area contributed by atoms with Crippen LogP contribution in [0.1, 0.15) is 16.1 Å². The van der Waals surface area contributed by atoms with Crippen LogP contribution in [0.4, 0.5) is 0 Å². The number of carbonyl (C=O) groups is 1. The van der Waals surface area contributed by atoms with Crippen LogP contribution >= 0.6 is 0 Å². The molecule has 0 aliphatic heterocycles. The number of hydrogen-bond acceptors (Lipinski definition) is 3. The summed E-state index contributed by atoms with van der Waals surface area (Å²) in [5, 5.41) is 0. The van der Waals surface area contributed by atoms with Gasteiger partial charge in [-0.15, -0.1) is 0 Å². The van der Waals surface area contributed by atoms with Gasteiger partial charge in [-0.3, -0.25) is 9.78 Å². The Kier molecular flexibility index (Phi) is 3.14. The van der Waals surface area contributed by atoms with E-state index in [0.717, 1.165) is 5.69 Å². The van der Waals surface area contributed by atoms with Crippen LogP contribution in [-0.2, 0) is 0 Å². The van der Waals surface area contributed by atoms with Gasteiger partial charge in [0.2, 0.25) is 0 Å². The number of hydrogen-bond donors (Lipinski definition) is 0. The predicted octanol–water partition coefficient (Wildman–Crippen LogP) is 1.13. The fraction of sp³-hybridized carbons (Fsp3) is 0.400. The summed E-state index contributed by atoms with van der Waals surface area (Å²) in [5.41, 5.74) is 1.61. The fourth-order valence-corrected chi connectivity index (χ4v) is 1.01. The molecule has 0 bridgehead atoms. The number of pyridine rings is 1. The first kappa shape index (κ1) is 9.86. The first-order chi connectivity index (χ1) is 6.09. The van der Waals surface area contributed by atoms with Gasteiger partial charge < -0.3 is 4.90 Å². The molecule has 0 aliphatic carbocycles. The molecule has 0 fully saturated rings. The lowest BCUT2D eigenvalue weighted by Gasteiger charge is -2.07. The molecule has 0 amide bonds. The molecular formula is C10H14N2O. The van der Waals surface area contributed by atoms with Crippen LogP contribution in [0.15, 0.2) is 18.3 Å². The highest BCUT2D eigenvalue weighted by molar-refractivity contribution is 5.97. The topological polar surface area (TPSA) is 33.2 Å². The molecule has 13 heavy (non-hydrogen) atoms. The lowest BCUT2D eigenvalue weighted by Crippen LogP contribution is -2.21. The molecule has 0 aromatic carbocycles. The molecule has 1 rings (SSSR count). The molecule has 0 aliphatic rings. The van der Waals surface area contributed by atoms with Gasteiger partial charge in [0.15, 0.2) is 5.78 Å². The van der Waals surface area contributed by atoms with Crippen molar-refractivity contribution in [2.45, 2.75) is 6.92 Å². The minimum Gasteiger partial charge on any atom is -0.302 e. The van der Waals surface area contributed by atoms with Crippen LogP contribution in [0, 0.1) is 6.92 Å². The number of aryl methyl sites for hydroxylation is 1. The third-order valence-corrected chi connectivity index (χ3v) is 1.69. The van der Waals surface area contributed by atoms with Crippen molar-refractivity contribution in [3.05, 3.63) is 29.6 Å². The van der Waals surface area contributed by atoms with Gasteiger partial charge in [-0.25, -0.2) is 0 Å². The van der Waals surface area contributed by atoms with Gasteiger partial charge in [0, 0.05) is 17.5 Å². The zero-order chi connectivity index (χ0) is 9.84. The maximum absolute atomic E-state index is 11.5. The number of ketones is 1. The first-order valence-corrected chi connectivity index (χ1v) is 4.20. The van der Waals surface area contributed by atoms with Gasteiger partial charge in [0.25, 0.3) is 0 Å². The van der Waals surface area contributed by atoms with Crippen molar-refractivity contribution in [3.8, 4) is 0 Å². The van der Waals surface area contributed by atoms with Crippen molar-refractivity contribution < 1.29 is 4.79 Å². The Labute approximate surface area is 78.4 Å².